The number of carbonyl (C=O) groups is 2. The molecule has 0 atom stereocenters. The summed E-state index contributed by atoms with van der Waals surface area (Å²) < 4.78 is 0. The average molecular weight is 439 g/mol. The smallest absolute Gasteiger partial charge is 0.274 e. The van der Waals surface area contributed by atoms with Crippen LogP contribution in [0.25, 0.3) is 16.5 Å². The first-order valence-electron chi connectivity index (χ1n) is 9.48. The molecule has 0 N–H and O–H groups in total. The summed E-state index contributed by atoms with van der Waals surface area (Å²) in [6.07, 6.45) is 7.92. The molecular formula is C22H19ClN4O2S. The van der Waals surface area contributed by atoms with E-state index < -0.39 is 0 Å². The molecule has 0 unspecified atom stereocenters. The Kier molecular flexibility index (Phi) is 6.21. The summed E-state index contributed by atoms with van der Waals surface area (Å²) in [4.78, 5) is 38.5. The number of benzene rings is 1. The predicted molar refractivity (Wildman–Crippen MR) is 118 cm³/mol. The lowest BCUT2D eigenvalue weighted by Gasteiger charge is -2.34. The number of thiophene rings is 1. The molecule has 3 heterocycles. The van der Waals surface area contributed by atoms with Gasteiger partial charge >= 0.3 is 0 Å². The minimum atomic E-state index is -0.155. The zero-order valence-corrected chi connectivity index (χ0v) is 17.6. The van der Waals surface area contributed by atoms with Crippen molar-refractivity contribution >= 4 is 40.8 Å². The van der Waals surface area contributed by atoms with Gasteiger partial charge in [0.05, 0.1) is 6.20 Å². The Bertz CT molecular complexity index is 1080. The van der Waals surface area contributed by atoms with E-state index in [-0.39, 0.29) is 11.8 Å². The summed E-state index contributed by atoms with van der Waals surface area (Å²) in [5.41, 5.74) is 1.38. The summed E-state index contributed by atoms with van der Waals surface area (Å²) in [7, 11) is 0. The predicted octanol–water partition coefficient (Wildman–Crippen LogP) is 3.86. The third-order valence-corrected chi connectivity index (χ3v) is 6.12. The lowest BCUT2D eigenvalue weighted by molar-refractivity contribution is -0.127. The number of halogens is 1. The Hall–Kier alpha value is -3.03. The van der Waals surface area contributed by atoms with Crippen LogP contribution in [0.3, 0.4) is 0 Å². The Morgan fingerprint density at radius 1 is 1.03 bits per heavy atom. The quantitative estimate of drug-likeness (QED) is 0.580. The molecule has 8 heteroatoms. The van der Waals surface area contributed by atoms with Gasteiger partial charge in [-0.1, -0.05) is 23.7 Å². The van der Waals surface area contributed by atoms with Crippen molar-refractivity contribution in [1.29, 1.82) is 0 Å². The standard InChI is InChI=1S/C22H19ClN4O2S/c23-17-3-1-2-16(14-17)20-6-4-18(30-20)5-7-21(28)26-10-12-27(13-11-26)22(29)19-15-24-8-9-25-19/h1-9,14-15H,10-13H2/b7-5+. The van der Waals surface area contributed by atoms with Crippen LogP contribution in [-0.4, -0.2) is 57.8 Å². The molecule has 0 bridgehead atoms. The van der Waals surface area contributed by atoms with E-state index in [2.05, 4.69) is 9.97 Å². The fraction of sp³-hybridized carbons (Fsp3) is 0.182. The third kappa shape index (κ3) is 4.75. The Labute approximate surface area is 183 Å². The van der Waals surface area contributed by atoms with Crippen LogP contribution in [0.2, 0.25) is 5.02 Å². The molecule has 0 aliphatic carbocycles. The molecule has 1 aliphatic rings. The molecule has 2 amide bonds. The minimum Gasteiger partial charge on any atom is -0.336 e. The molecule has 1 fully saturated rings. The molecule has 152 valence electrons. The maximum atomic E-state index is 12.5. The summed E-state index contributed by atoms with van der Waals surface area (Å²) in [5, 5.41) is 0.699. The number of carbonyl (C=O) groups excluding carboxylic acids is 2. The van der Waals surface area contributed by atoms with Gasteiger partial charge in [0.1, 0.15) is 5.69 Å². The van der Waals surface area contributed by atoms with Crippen molar-refractivity contribution in [3.8, 4) is 10.4 Å². The van der Waals surface area contributed by atoms with Crippen LogP contribution in [-0.2, 0) is 4.79 Å². The first kappa shape index (κ1) is 20.3. The largest absolute Gasteiger partial charge is 0.336 e. The normalized spacial score (nSPS) is 14.3. The molecule has 2 aromatic heterocycles. The summed E-state index contributed by atoms with van der Waals surface area (Å²) >= 11 is 7.67. The van der Waals surface area contributed by atoms with Gasteiger partial charge in [-0.3, -0.25) is 14.6 Å². The van der Waals surface area contributed by atoms with E-state index in [1.54, 1.807) is 27.2 Å². The zero-order chi connectivity index (χ0) is 20.9. The van der Waals surface area contributed by atoms with E-state index in [0.29, 0.717) is 36.9 Å². The Balaban J connectivity index is 1.33. The molecular weight excluding hydrogens is 420 g/mol. The molecule has 0 spiro atoms. The van der Waals surface area contributed by atoms with Crippen molar-refractivity contribution in [1.82, 2.24) is 19.8 Å². The van der Waals surface area contributed by atoms with Crippen LogP contribution >= 0.6 is 22.9 Å². The van der Waals surface area contributed by atoms with Crippen molar-refractivity contribution in [3.05, 3.63) is 76.7 Å². The molecule has 4 rings (SSSR count). The van der Waals surface area contributed by atoms with E-state index >= 15 is 0 Å². The highest BCUT2D eigenvalue weighted by molar-refractivity contribution is 7.16. The molecule has 1 aliphatic heterocycles. The number of hydrogen-bond donors (Lipinski definition) is 0. The van der Waals surface area contributed by atoms with Crippen molar-refractivity contribution in [2.45, 2.75) is 0 Å². The van der Waals surface area contributed by atoms with E-state index in [1.807, 2.05) is 42.5 Å². The van der Waals surface area contributed by atoms with E-state index in [9.17, 15) is 9.59 Å². The number of piperazine rings is 1. The van der Waals surface area contributed by atoms with Gasteiger partial charge in [0.25, 0.3) is 5.91 Å². The van der Waals surface area contributed by atoms with Gasteiger partial charge in [-0.15, -0.1) is 11.3 Å². The van der Waals surface area contributed by atoms with Crippen molar-refractivity contribution in [2.75, 3.05) is 26.2 Å². The highest BCUT2D eigenvalue weighted by Crippen LogP contribution is 2.30. The first-order chi connectivity index (χ1) is 14.6. The lowest BCUT2D eigenvalue weighted by Crippen LogP contribution is -2.50. The second-order valence-electron chi connectivity index (χ2n) is 6.75. The lowest BCUT2D eigenvalue weighted by atomic mass is 10.2. The number of rotatable bonds is 4. The van der Waals surface area contributed by atoms with Crippen molar-refractivity contribution in [2.24, 2.45) is 0 Å². The highest BCUT2D eigenvalue weighted by atomic mass is 35.5. The van der Waals surface area contributed by atoms with Gasteiger partial charge in [0.2, 0.25) is 5.91 Å². The molecule has 6 nitrogen and oxygen atoms in total. The fourth-order valence-electron chi connectivity index (χ4n) is 3.20. The van der Waals surface area contributed by atoms with E-state index in [0.717, 1.165) is 15.3 Å². The van der Waals surface area contributed by atoms with Gasteiger partial charge in [-0.05, 0) is 35.9 Å². The van der Waals surface area contributed by atoms with Gasteiger partial charge in [0, 0.05) is 59.4 Å². The molecule has 1 saturated heterocycles. The van der Waals surface area contributed by atoms with Crippen LogP contribution in [0.1, 0.15) is 15.4 Å². The van der Waals surface area contributed by atoms with Crippen LogP contribution < -0.4 is 0 Å². The van der Waals surface area contributed by atoms with Gasteiger partial charge in [0.15, 0.2) is 0 Å². The summed E-state index contributed by atoms with van der Waals surface area (Å²) in [6, 6.07) is 11.7. The van der Waals surface area contributed by atoms with Gasteiger partial charge < -0.3 is 9.80 Å². The van der Waals surface area contributed by atoms with E-state index in [1.165, 1.54) is 18.6 Å². The maximum absolute atomic E-state index is 12.5. The number of amides is 2. The minimum absolute atomic E-state index is 0.0562. The van der Waals surface area contributed by atoms with Crippen LogP contribution in [0.4, 0.5) is 0 Å². The number of hydrogen-bond acceptors (Lipinski definition) is 5. The van der Waals surface area contributed by atoms with Crippen LogP contribution in [0, 0.1) is 0 Å². The Morgan fingerprint density at radius 2 is 1.83 bits per heavy atom. The third-order valence-electron chi connectivity index (χ3n) is 4.79. The van der Waals surface area contributed by atoms with Crippen LogP contribution in [0.5, 0.6) is 0 Å². The fourth-order valence-corrected chi connectivity index (χ4v) is 4.30. The van der Waals surface area contributed by atoms with E-state index in [4.69, 9.17) is 11.6 Å². The SMILES string of the molecule is O=C(/C=C/c1ccc(-c2cccc(Cl)c2)s1)N1CCN(C(=O)c2cnccn2)CC1. The average Bonchev–Trinajstić information content (AvgIpc) is 3.27. The highest BCUT2D eigenvalue weighted by Gasteiger charge is 2.24. The monoisotopic (exact) mass is 438 g/mol. The van der Waals surface area contributed by atoms with Gasteiger partial charge in [-0.2, -0.15) is 0 Å². The van der Waals surface area contributed by atoms with Crippen molar-refractivity contribution < 1.29 is 9.59 Å². The van der Waals surface area contributed by atoms with Gasteiger partial charge in [-0.25, -0.2) is 4.98 Å². The summed E-state index contributed by atoms with van der Waals surface area (Å²) in [6.45, 7) is 1.95. The second kappa shape index (κ2) is 9.19. The Morgan fingerprint density at radius 3 is 2.57 bits per heavy atom. The molecule has 3 aromatic rings. The molecule has 30 heavy (non-hydrogen) atoms. The summed E-state index contributed by atoms with van der Waals surface area (Å²) in [5.74, 6) is -0.211. The second-order valence-corrected chi connectivity index (χ2v) is 8.31. The molecule has 0 saturated carbocycles. The maximum Gasteiger partial charge on any atom is 0.274 e. The molecule has 1 aromatic carbocycles. The number of aromatic nitrogens is 2. The number of nitrogens with zero attached hydrogens (tertiary/aromatic N) is 4. The zero-order valence-electron chi connectivity index (χ0n) is 16.1. The first-order valence-corrected chi connectivity index (χ1v) is 10.7. The van der Waals surface area contributed by atoms with Crippen molar-refractivity contribution in [3.63, 3.8) is 0 Å². The topological polar surface area (TPSA) is 66.4 Å². The van der Waals surface area contributed by atoms with Crippen LogP contribution in [0.15, 0.2) is 61.1 Å². The molecule has 0 radical (unpaired) electrons.